The zero-order valence-electron chi connectivity index (χ0n) is 43.4. The lowest BCUT2D eigenvalue weighted by atomic mass is 10.2. The normalized spacial score (nSPS) is 13.2. The molecule has 0 aliphatic heterocycles. The van der Waals surface area contributed by atoms with Gasteiger partial charge in [0.25, 0.3) is 0 Å². The van der Waals surface area contributed by atoms with E-state index in [1.54, 1.807) is 7.11 Å². The summed E-state index contributed by atoms with van der Waals surface area (Å²) in [4.78, 5) is 6.57. The van der Waals surface area contributed by atoms with Gasteiger partial charge in [-0.05, 0) is 84.9 Å². The number of fused-ring (bicyclic) bond motifs is 6. The van der Waals surface area contributed by atoms with E-state index >= 15 is 0 Å². The third-order valence-electron chi connectivity index (χ3n) is 14.5. The van der Waals surface area contributed by atoms with Crippen LogP contribution < -0.4 is 19.4 Å². The molecule has 10 heteroatoms. The molecule has 0 saturated carbocycles. The number of para-hydroxylation sites is 10. The lowest BCUT2D eigenvalue weighted by molar-refractivity contribution is -0.0155. The molecule has 2 aromatic heterocycles. The summed E-state index contributed by atoms with van der Waals surface area (Å²) in [6.45, 7) is 2.46. The van der Waals surface area contributed by atoms with Crippen LogP contribution in [0.5, 0.6) is 5.75 Å². The Labute approximate surface area is 450 Å². The number of aliphatic hydroxyl groups excluding tert-OH is 2. The molecule has 0 fully saturated rings. The minimum Gasteiger partial charge on any atom is -0.495 e. The van der Waals surface area contributed by atoms with E-state index in [1.165, 1.54) is 21.5 Å². The minimum atomic E-state index is -0.955. The number of methoxy groups -OCH3 is 1. The number of hydrogen-bond acceptors (Lipinski definition) is 8. The predicted octanol–water partition coefficient (Wildman–Crippen LogP) is 13.3. The van der Waals surface area contributed by atoms with E-state index in [2.05, 4.69) is 213 Å². The number of ether oxygens (including phenoxy) is 3. The molecule has 2 N–H and O–H groups in total. The summed E-state index contributed by atoms with van der Waals surface area (Å²) in [7, 11) is 1.64. The van der Waals surface area contributed by atoms with E-state index in [0.29, 0.717) is 31.9 Å². The van der Waals surface area contributed by atoms with Crippen LogP contribution in [0.15, 0.2) is 243 Å². The van der Waals surface area contributed by atoms with Gasteiger partial charge in [-0.15, -0.1) is 0 Å². The number of benzene rings is 9. The first-order valence-electron chi connectivity index (χ1n) is 26.6. The van der Waals surface area contributed by atoms with Crippen LogP contribution in [0.4, 0.5) is 28.4 Å². The molecule has 0 amide bonds. The summed E-state index contributed by atoms with van der Waals surface area (Å²) in [5.41, 5.74) is 9.40. The summed E-state index contributed by atoms with van der Waals surface area (Å²) in [6.07, 6.45) is -2.66. The summed E-state index contributed by atoms with van der Waals surface area (Å²) < 4.78 is 24.6. The fraction of sp³-hybridized carbons (Fsp3) is 0.194. The number of rotatable bonds is 24. The third kappa shape index (κ3) is 11.6. The van der Waals surface area contributed by atoms with Crippen LogP contribution in [0.3, 0.4) is 0 Å². The van der Waals surface area contributed by atoms with Crippen molar-refractivity contribution in [2.24, 2.45) is 0 Å². The molecule has 77 heavy (non-hydrogen) atoms. The first kappa shape index (κ1) is 50.8. The Morgan fingerprint density at radius 1 is 0.364 bits per heavy atom. The van der Waals surface area contributed by atoms with Crippen molar-refractivity contribution in [3.63, 3.8) is 0 Å². The number of aromatic nitrogens is 2. The largest absolute Gasteiger partial charge is 0.495 e. The first-order chi connectivity index (χ1) is 38.0. The van der Waals surface area contributed by atoms with Crippen molar-refractivity contribution in [1.82, 2.24) is 9.13 Å². The van der Waals surface area contributed by atoms with Crippen LogP contribution in [-0.2, 0) is 22.6 Å². The topological polar surface area (TPSA) is 87.7 Å². The molecule has 0 aliphatic rings. The smallest absolute Gasteiger partial charge is 0.142 e. The summed E-state index contributed by atoms with van der Waals surface area (Å²) in [6, 6.07) is 83.3. The SMILES string of the molecule is COc1ccccc1N(CC(O)COC(CN(c1ccccc1)c1ccccc1)Cn1c2ccccc2c2ccccc21)CC(O)COC(CN(c1ccccc1)c1ccccc1)Cn1c2ccccc2c2ccccc21. The number of aliphatic hydroxyl groups is 2. The average Bonchev–Trinajstić information content (AvgIpc) is 4.00. The number of hydrogen-bond donors (Lipinski definition) is 2. The Morgan fingerprint density at radius 2 is 0.662 bits per heavy atom. The van der Waals surface area contributed by atoms with E-state index in [4.69, 9.17) is 14.2 Å². The van der Waals surface area contributed by atoms with E-state index in [-0.39, 0.29) is 38.5 Å². The molecule has 11 aromatic rings. The van der Waals surface area contributed by atoms with Crippen LogP contribution in [0.1, 0.15) is 0 Å². The van der Waals surface area contributed by atoms with Gasteiger partial charge in [0.2, 0.25) is 0 Å². The predicted molar refractivity (Wildman–Crippen MR) is 315 cm³/mol. The highest BCUT2D eigenvalue weighted by atomic mass is 16.5. The van der Waals surface area contributed by atoms with Crippen molar-refractivity contribution in [2.75, 3.05) is 61.2 Å². The Morgan fingerprint density at radius 3 is 1.00 bits per heavy atom. The molecule has 10 nitrogen and oxygen atoms in total. The van der Waals surface area contributed by atoms with E-state index in [9.17, 15) is 10.2 Å². The molecule has 0 aliphatic carbocycles. The Hall–Kier alpha value is -8.38. The molecule has 4 unspecified atom stereocenters. The summed E-state index contributed by atoms with van der Waals surface area (Å²) in [5.74, 6) is 0.630. The van der Waals surface area contributed by atoms with Crippen molar-refractivity contribution < 1.29 is 24.4 Å². The van der Waals surface area contributed by atoms with Crippen LogP contribution in [0, 0.1) is 0 Å². The molecular weight excluding hydrogens is 955 g/mol. The molecule has 388 valence electrons. The zero-order valence-corrected chi connectivity index (χ0v) is 43.4. The van der Waals surface area contributed by atoms with Gasteiger partial charge in [-0.1, -0.05) is 158 Å². The molecule has 0 saturated heterocycles. The fourth-order valence-electron chi connectivity index (χ4n) is 11.0. The first-order valence-corrected chi connectivity index (χ1v) is 26.6. The van der Waals surface area contributed by atoms with Gasteiger partial charge in [-0.25, -0.2) is 0 Å². The van der Waals surface area contributed by atoms with Gasteiger partial charge in [0.1, 0.15) is 5.75 Å². The second kappa shape index (κ2) is 24.1. The van der Waals surface area contributed by atoms with E-state index in [0.717, 1.165) is 50.5 Å². The monoisotopic (exact) mass is 1020 g/mol. The van der Waals surface area contributed by atoms with Crippen molar-refractivity contribution in [3.8, 4) is 5.75 Å². The van der Waals surface area contributed by atoms with Crippen LogP contribution in [0.25, 0.3) is 43.6 Å². The second-order valence-electron chi connectivity index (χ2n) is 19.6. The fourth-order valence-corrected chi connectivity index (χ4v) is 11.0. The molecule has 11 rings (SSSR count). The average molecular weight is 1020 g/mol. The van der Waals surface area contributed by atoms with Gasteiger partial charge in [-0.3, -0.25) is 0 Å². The maximum atomic E-state index is 12.2. The van der Waals surface area contributed by atoms with Crippen molar-refractivity contribution in [1.29, 1.82) is 0 Å². The van der Waals surface area contributed by atoms with Crippen LogP contribution in [-0.4, -0.2) is 90.3 Å². The van der Waals surface area contributed by atoms with E-state index < -0.39 is 12.2 Å². The van der Waals surface area contributed by atoms with Crippen LogP contribution in [0.2, 0.25) is 0 Å². The van der Waals surface area contributed by atoms with Crippen molar-refractivity contribution in [3.05, 3.63) is 243 Å². The summed E-state index contributed by atoms with van der Waals surface area (Å²) in [5, 5.41) is 29.2. The second-order valence-corrected chi connectivity index (χ2v) is 19.6. The molecule has 0 spiro atoms. The van der Waals surface area contributed by atoms with Gasteiger partial charge < -0.3 is 48.3 Å². The van der Waals surface area contributed by atoms with Gasteiger partial charge in [-0.2, -0.15) is 0 Å². The highest BCUT2D eigenvalue weighted by Gasteiger charge is 2.27. The maximum absolute atomic E-state index is 12.2. The molecule has 2 heterocycles. The third-order valence-corrected chi connectivity index (χ3v) is 14.5. The van der Waals surface area contributed by atoms with Crippen LogP contribution >= 0.6 is 0 Å². The highest BCUT2D eigenvalue weighted by Crippen LogP contribution is 2.34. The molecule has 4 atom stereocenters. The molecule has 0 bridgehead atoms. The Bertz CT molecular complexity index is 3230. The van der Waals surface area contributed by atoms with Crippen molar-refractivity contribution in [2.45, 2.75) is 37.5 Å². The maximum Gasteiger partial charge on any atom is 0.142 e. The zero-order chi connectivity index (χ0) is 52.3. The number of anilines is 5. The Kier molecular flexibility index (Phi) is 15.9. The van der Waals surface area contributed by atoms with E-state index in [1.807, 2.05) is 53.4 Å². The standard InChI is InChI=1S/C67H65N5O5/c1-75-67-41-23-22-40-66(67)68(42-54(73)48-76-56(44-69(50-24-6-2-7-25-50)51-26-8-3-9-27-51)46-71-62-36-18-14-32-58(62)59-33-15-19-37-63(59)71)43-55(74)49-77-57(45-70(52-28-10-4-11-29-52)53-30-12-5-13-31-53)47-72-64-38-20-16-34-60(64)61-35-17-21-39-65(61)72/h2-41,54-57,73-74H,42-49H2,1H3. The molecular formula is C67H65N5O5. The number of nitrogens with zero attached hydrogens (tertiary/aromatic N) is 5. The van der Waals surface area contributed by atoms with Gasteiger partial charge >= 0.3 is 0 Å². The van der Waals surface area contributed by atoms with Gasteiger partial charge in [0.15, 0.2) is 0 Å². The molecule has 0 radical (unpaired) electrons. The van der Waals surface area contributed by atoms with Gasteiger partial charge in [0.05, 0.1) is 76.6 Å². The van der Waals surface area contributed by atoms with Crippen molar-refractivity contribution >= 4 is 72.0 Å². The molecule has 9 aromatic carbocycles. The minimum absolute atomic E-state index is 0.0348. The highest BCUT2D eigenvalue weighted by molar-refractivity contribution is 6.09. The quantitative estimate of drug-likeness (QED) is 0.0619. The lowest BCUT2D eigenvalue weighted by Crippen LogP contribution is -2.43. The lowest BCUT2D eigenvalue weighted by Gasteiger charge is -2.33. The van der Waals surface area contributed by atoms with Gasteiger partial charge in [0, 0.05) is 79.5 Å². The summed E-state index contributed by atoms with van der Waals surface area (Å²) >= 11 is 0. The Balaban J connectivity index is 0.865.